The summed E-state index contributed by atoms with van der Waals surface area (Å²) in [4.78, 5) is 41.6. The smallest absolute Gasteiger partial charge is 0.230 e. The Morgan fingerprint density at radius 1 is 1.03 bits per heavy atom. The second-order valence-electron chi connectivity index (χ2n) is 6.95. The van der Waals surface area contributed by atoms with Crippen molar-refractivity contribution >= 4 is 46.3 Å². The Kier molecular flexibility index (Phi) is 5.92. The first-order valence-corrected chi connectivity index (χ1v) is 10.7. The first-order chi connectivity index (χ1) is 14.5. The summed E-state index contributed by atoms with van der Waals surface area (Å²) in [7, 11) is 0. The lowest BCUT2D eigenvalue weighted by Gasteiger charge is -2.14. The van der Waals surface area contributed by atoms with E-state index in [9.17, 15) is 14.4 Å². The number of carbonyl (C=O) groups excluding carboxylic acids is 3. The third kappa shape index (κ3) is 4.75. The van der Waals surface area contributed by atoms with Crippen molar-refractivity contribution in [2.45, 2.75) is 25.8 Å². The third-order valence-electron chi connectivity index (χ3n) is 4.72. The maximum absolute atomic E-state index is 12.4. The lowest BCUT2D eigenvalue weighted by atomic mass is 10.2. The van der Waals surface area contributed by atoms with E-state index in [1.165, 1.54) is 16.2 Å². The highest BCUT2D eigenvalue weighted by atomic mass is 35.5. The summed E-state index contributed by atoms with van der Waals surface area (Å²) in [6, 6.07) is 14.5. The number of hydrogen-bond donors (Lipinski definition) is 1. The Morgan fingerprint density at radius 2 is 1.70 bits per heavy atom. The summed E-state index contributed by atoms with van der Waals surface area (Å²) in [6.45, 7) is 0.262. The summed E-state index contributed by atoms with van der Waals surface area (Å²) >= 11 is 7.39. The Hall–Kier alpha value is -3.03. The van der Waals surface area contributed by atoms with Crippen molar-refractivity contribution in [1.82, 2.24) is 9.88 Å². The van der Waals surface area contributed by atoms with Crippen LogP contribution in [0.2, 0.25) is 5.02 Å². The molecule has 0 spiro atoms. The molecular weight excluding hydrogens is 422 g/mol. The molecule has 0 saturated carbocycles. The van der Waals surface area contributed by atoms with Gasteiger partial charge in [0.25, 0.3) is 0 Å². The highest BCUT2D eigenvalue weighted by Gasteiger charge is 2.28. The summed E-state index contributed by atoms with van der Waals surface area (Å²) in [5, 5.41) is 6.22. The van der Waals surface area contributed by atoms with Gasteiger partial charge in [0.2, 0.25) is 17.7 Å². The van der Waals surface area contributed by atoms with E-state index in [-0.39, 0.29) is 43.5 Å². The number of anilines is 1. The first-order valence-electron chi connectivity index (χ1n) is 9.40. The van der Waals surface area contributed by atoms with Gasteiger partial charge in [-0.1, -0.05) is 35.9 Å². The number of amides is 3. The predicted molar refractivity (Wildman–Crippen MR) is 116 cm³/mol. The Bertz CT molecular complexity index is 1080. The van der Waals surface area contributed by atoms with Crippen molar-refractivity contribution in [1.29, 1.82) is 0 Å². The molecule has 0 radical (unpaired) electrons. The number of likely N-dealkylation sites (tertiary alicyclic amines) is 1. The molecule has 0 aliphatic carbocycles. The van der Waals surface area contributed by atoms with Gasteiger partial charge in [-0.2, -0.15) is 0 Å². The topological polar surface area (TPSA) is 79.4 Å². The maximum Gasteiger partial charge on any atom is 0.230 e. The minimum atomic E-state index is -0.166. The number of rotatable bonds is 6. The Morgan fingerprint density at radius 3 is 2.37 bits per heavy atom. The van der Waals surface area contributed by atoms with Gasteiger partial charge in [0.1, 0.15) is 5.01 Å². The van der Waals surface area contributed by atoms with Gasteiger partial charge in [0, 0.05) is 34.5 Å². The summed E-state index contributed by atoms with van der Waals surface area (Å²) in [5.74, 6) is -0.446. The van der Waals surface area contributed by atoms with Crippen molar-refractivity contribution < 1.29 is 14.4 Å². The highest BCUT2D eigenvalue weighted by molar-refractivity contribution is 7.13. The van der Waals surface area contributed by atoms with Crippen LogP contribution in [0.1, 0.15) is 24.1 Å². The van der Waals surface area contributed by atoms with E-state index in [4.69, 9.17) is 11.6 Å². The number of aromatic nitrogens is 1. The zero-order chi connectivity index (χ0) is 21.1. The number of carbonyl (C=O) groups is 3. The van der Waals surface area contributed by atoms with Gasteiger partial charge in [0.15, 0.2) is 0 Å². The molecule has 1 saturated heterocycles. The first kappa shape index (κ1) is 20.3. The molecule has 2 heterocycles. The predicted octanol–water partition coefficient (Wildman–Crippen LogP) is 4.29. The second-order valence-corrected chi connectivity index (χ2v) is 8.24. The van der Waals surface area contributed by atoms with E-state index in [0.717, 1.165) is 16.1 Å². The Labute approximate surface area is 182 Å². The molecule has 2 aromatic carbocycles. The molecule has 0 unspecified atom stereocenters. The zero-order valence-corrected chi connectivity index (χ0v) is 17.5. The zero-order valence-electron chi connectivity index (χ0n) is 15.9. The molecular formula is C22H18ClN3O3S. The van der Waals surface area contributed by atoms with Crippen LogP contribution in [0.3, 0.4) is 0 Å². The van der Waals surface area contributed by atoms with Crippen LogP contribution in [-0.4, -0.2) is 27.6 Å². The quantitative estimate of drug-likeness (QED) is 0.581. The number of halogens is 1. The molecule has 1 aliphatic rings. The number of nitrogens with one attached hydrogen (secondary N) is 1. The molecule has 6 nitrogen and oxygen atoms in total. The summed E-state index contributed by atoms with van der Waals surface area (Å²) < 4.78 is 0. The molecule has 4 rings (SSSR count). The summed E-state index contributed by atoms with van der Waals surface area (Å²) in [5.41, 5.74) is 3.14. The SMILES string of the molecule is O=C(Cc1csc(-c2ccc(Cl)cc2)n1)Nc1ccc(CN2C(=O)CCC2=O)cc1. The fourth-order valence-corrected chi connectivity index (χ4v) is 4.11. The van der Waals surface area contributed by atoms with Crippen molar-refractivity contribution in [2.75, 3.05) is 5.32 Å². The van der Waals surface area contributed by atoms with Gasteiger partial charge in [-0.05, 0) is 29.8 Å². The molecule has 8 heteroatoms. The highest BCUT2D eigenvalue weighted by Crippen LogP contribution is 2.25. The molecule has 0 atom stereocenters. The van der Waals surface area contributed by atoms with E-state index >= 15 is 0 Å². The van der Waals surface area contributed by atoms with Crippen LogP contribution in [-0.2, 0) is 27.3 Å². The van der Waals surface area contributed by atoms with E-state index < -0.39 is 0 Å². The molecule has 0 bridgehead atoms. The largest absolute Gasteiger partial charge is 0.326 e. The molecule has 1 N–H and O–H groups in total. The molecule has 1 aromatic heterocycles. The minimum absolute atomic E-state index is 0.140. The lowest BCUT2D eigenvalue weighted by molar-refractivity contribution is -0.139. The average molecular weight is 440 g/mol. The van der Waals surface area contributed by atoms with Crippen LogP contribution in [0.15, 0.2) is 53.9 Å². The van der Waals surface area contributed by atoms with Crippen molar-refractivity contribution in [3.63, 3.8) is 0 Å². The summed E-state index contributed by atoms with van der Waals surface area (Å²) in [6.07, 6.45) is 0.731. The van der Waals surface area contributed by atoms with Crippen LogP contribution in [0.4, 0.5) is 5.69 Å². The minimum Gasteiger partial charge on any atom is -0.326 e. The van der Waals surface area contributed by atoms with Crippen molar-refractivity contribution in [3.05, 3.63) is 70.2 Å². The van der Waals surface area contributed by atoms with E-state index in [2.05, 4.69) is 10.3 Å². The standard InChI is InChI=1S/C22H18ClN3O3S/c23-16-5-3-15(4-6-16)22-25-18(13-30-22)11-19(27)24-17-7-1-14(2-8-17)12-26-20(28)9-10-21(26)29/h1-8,13H,9-12H2,(H,24,27). The number of imide groups is 1. The lowest BCUT2D eigenvalue weighted by Crippen LogP contribution is -2.28. The van der Waals surface area contributed by atoms with Crippen molar-refractivity contribution in [3.8, 4) is 10.6 Å². The third-order valence-corrected chi connectivity index (χ3v) is 5.91. The molecule has 3 aromatic rings. The maximum atomic E-state index is 12.4. The van der Waals surface area contributed by atoms with Crippen LogP contribution in [0.25, 0.3) is 10.6 Å². The fourth-order valence-electron chi connectivity index (χ4n) is 3.16. The van der Waals surface area contributed by atoms with Crippen molar-refractivity contribution in [2.24, 2.45) is 0 Å². The number of benzene rings is 2. The van der Waals surface area contributed by atoms with Gasteiger partial charge < -0.3 is 5.32 Å². The van der Waals surface area contributed by atoms with Crippen LogP contribution in [0.5, 0.6) is 0 Å². The molecule has 30 heavy (non-hydrogen) atoms. The number of nitrogens with zero attached hydrogens (tertiary/aromatic N) is 2. The van der Waals surface area contributed by atoms with E-state index in [0.29, 0.717) is 16.4 Å². The number of thiazole rings is 1. The molecule has 1 fully saturated rings. The second kappa shape index (κ2) is 8.77. The normalized spacial score (nSPS) is 13.7. The molecule has 3 amide bonds. The van der Waals surface area contributed by atoms with Gasteiger partial charge >= 0.3 is 0 Å². The monoisotopic (exact) mass is 439 g/mol. The van der Waals surface area contributed by atoms with Crippen LogP contribution in [0, 0.1) is 0 Å². The average Bonchev–Trinajstić information content (AvgIpc) is 3.31. The van der Waals surface area contributed by atoms with Gasteiger partial charge in [-0.15, -0.1) is 11.3 Å². The van der Waals surface area contributed by atoms with Gasteiger partial charge in [0.05, 0.1) is 18.7 Å². The van der Waals surface area contributed by atoms with Gasteiger partial charge in [-0.25, -0.2) is 4.98 Å². The molecule has 152 valence electrons. The Balaban J connectivity index is 1.33. The van der Waals surface area contributed by atoms with Crippen LogP contribution >= 0.6 is 22.9 Å². The van der Waals surface area contributed by atoms with E-state index in [1.807, 2.05) is 29.6 Å². The van der Waals surface area contributed by atoms with Gasteiger partial charge in [-0.3, -0.25) is 19.3 Å². The van der Waals surface area contributed by atoms with E-state index in [1.54, 1.807) is 24.3 Å². The molecule has 1 aliphatic heterocycles. The fraction of sp³-hybridized carbons (Fsp3) is 0.182. The van der Waals surface area contributed by atoms with Crippen LogP contribution < -0.4 is 5.32 Å². The number of hydrogen-bond acceptors (Lipinski definition) is 5.